The lowest BCUT2D eigenvalue weighted by molar-refractivity contribution is 0.457. The average molecular weight is 287 g/mol. The van der Waals surface area contributed by atoms with Gasteiger partial charge in [0.1, 0.15) is 0 Å². The minimum atomic E-state index is 0. The lowest BCUT2D eigenvalue weighted by Crippen LogP contribution is -2.30. The third kappa shape index (κ3) is 2.76. The number of aryl methyl sites for hydroxylation is 1. The van der Waals surface area contributed by atoms with Crippen molar-refractivity contribution in [1.29, 1.82) is 0 Å². The third-order valence-electron chi connectivity index (χ3n) is 3.79. The second-order valence-electron chi connectivity index (χ2n) is 4.88. The molecule has 0 atom stereocenters. The molecule has 100 valence electrons. The normalized spacial score (nSPS) is 20.0. The summed E-state index contributed by atoms with van der Waals surface area (Å²) >= 11 is 1.91. The zero-order valence-electron chi connectivity index (χ0n) is 10.3. The number of halogens is 1. The van der Waals surface area contributed by atoms with Gasteiger partial charge in [-0.15, -0.1) is 12.4 Å². The maximum atomic E-state index is 12.1. The summed E-state index contributed by atoms with van der Waals surface area (Å²) in [6.45, 7) is 2.08. The van der Waals surface area contributed by atoms with Gasteiger partial charge in [0.05, 0.1) is 0 Å². The second-order valence-corrected chi connectivity index (χ2v) is 5.99. The zero-order chi connectivity index (χ0) is 11.7. The number of thioether (sulfide) groups is 1. The van der Waals surface area contributed by atoms with Crippen LogP contribution in [-0.4, -0.2) is 23.8 Å². The standard InChI is InChI=1S/C13H18N2OS.ClH/c16-13-11(9-1-4-14-5-2-9)7-10-3-6-17-8-12(10)15-13;/h7,9,14H,1-6,8H2,(H,15,16);1H. The number of H-pyrrole nitrogens is 1. The molecule has 0 amide bonds. The summed E-state index contributed by atoms with van der Waals surface area (Å²) in [4.78, 5) is 15.2. The van der Waals surface area contributed by atoms with Crippen molar-refractivity contribution in [3.63, 3.8) is 0 Å². The van der Waals surface area contributed by atoms with Crippen LogP contribution in [0.25, 0.3) is 0 Å². The van der Waals surface area contributed by atoms with Gasteiger partial charge in [-0.3, -0.25) is 4.79 Å². The molecule has 0 aromatic carbocycles. The van der Waals surface area contributed by atoms with E-state index in [1.165, 1.54) is 11.3 Å². The van der Waals surface area contributed by atoms with Crippen LogP contribution < -0.4 is 10.9 Å². The van der Waals surface area contributed by atoms with Crippen molar-refractivity contribution in [3.05, 3.63) is 33.2 Å². The van der Waals surface area contributed by atoms with Crippen molar-refractivity contribution < 1.29 is 0 Å². The van der Waals surface area contributed by atoms with Crippen LogP contribution in [0, 0.1) is 0 Å². The molecule has 0 radical (unpaired) electrons. The molecule has 1 fully saturated rings. The van der Waals surface area contributed by atoms with E-state index < -0.39 is 0 Å². The molecule has 2 aliphatic heterocycles. The number of nitrogens with one attached hydrogen (secondary N) is 2. The summed E-state index contributed by atoms with van der Waals surface area (Å²) in [6.07, 6.45) is 3.29. The number of fused-ring (bicyclic) bond motifs is 1. The maximum absolute atomic E-state index is 12.1. The molecular weight excluding hydrogens is 268 g/mol. The smallest absolute Gasteiger partial charge is 0.251 e. The second kappa shape index (κ2) is 6.13. The predicted octanol–water partition coefficient (Wildman–Crippen LogP) is 2.05. The summed E-state index contributed by atoms with van der Waals surface area (Å²) in [6, 6.07) is 2.18. The number of aromatic nitrogens is 1. The van der Waals surface area contributed by atoms with Gasteiger partial charge in [0.2, 0.25) is 0 Å². The molecule has 0 saturated carbocycles. The highest BCUT2D eigenvalue weighted by Crippen LogP contribution is 2.27. The van der Waals surface area contributed by atoms with Gasteiger partial charge in [-0.05, 0) is 55.7 Å². The Hall–Kier alpha value is -0.450. The monoisotopic (exact) mass is 286 g/mol. The number of piperidine rings is 1. The molecule has 18 heavy (non-hydrogen) atoms. The average Bonchev–Trinajstić information content (AvgIpc) is 2.39. The van der Waals surface area contributed by atoms with Crippen LogP contribution in [0.3, 0.4) is 0 Å². The van der Waals surface area contributed by atoms with E-state index in [4.69, 9.17) is 0 Å². The Balaban J connectivity index is 0.00000120. The van der Waals surface area contributed by atoms with Crippen molar-refractivity contribution in [2.24, 2.45) is 0 Å². The quantitative estimate of drug-likeness (QED) is 0.831. The van der Waals surface area contributed by atoms with Crippen LogP contribution in [0.5, 0.6) is 0 Å². The molecule has 2 aliphatic rings. The molecule has 3 rings (SSSR count). The van der Waals surface area contributed by atoms with Gasteiger partial charge < -0.3 is 10.3 Å². The highest BCUT2D eigenvalue weighted by molar-refractivity contribution is 7.98. The van der Waals surface area contributed by atoms with Crippen LogP contribution in [0.2, 0.25) is 0 Å². The number of hydrogen-bond donors (Lipinski definition) is 2. The molecule has 1 aromatic rings. The Morgan fingerprint density at radius 3 is 2.83 bits per heavy atom. The summed E-state index contributed by atoms with van der Waals surface area (Å²) < 4.78 is 0. The van der Waals surface area contributed by atoms with Gasteiger partial charge in [-0.1, -0.05) is 0 Å². The fourth-order valence-corrected chi connectivity index (χ4v) is 3.74. The number of rotatable bonds is 1. The van der Waals surface area contributed by atoms with E-state index in [0.29, 0.717) is 5.92 Å². The summed E-state index contributed by atoms with van der Waals surface area (Å²) in [5.74, 6) is 2.61. The minimum Gasteiger partial charge on any atom is -0.325 e. The molecule has 0 spiro atoms. The Kier molecular flexibility index (Phi) is 4.76. The van der Waals surface area contributed by atoms with E-state index in [1.807, 2.05) is 11.8 Å². The third-order valence-corrected chi connectivity index (χ3v) is 4.77. The van der Waals surface area contributed by atoms with E-state index >= 15 is 0 Å². The van der Waals surface area contributed by atoms with Crippen molar-refractivity contribution in [2.45, 2.75) is 30.9 Å². The first-order valence-corrected chi connectivity index (χ1v) is 7.53. The van der Waals surface area contributed by atoms with Crippen LogP contribution in [0.4, 0.5) is 0 Å². The molecule has 0 bridgehead atoms. The van der Waals surface area contributed by atoms with Crippen molar-refractivity contribution in [2.75, 3.05) is 18.8 Å². The summed E-state index contributed by atoms with van der Waals surface area (Å²) in [5.41, 5.74) is 3.70. The lowest BCUT2D eigenvalue weighted by atomic mass is 9.90. The van der Waals surface area contributed by atoms with Gasteiger partial charge in [0.25, 0.3) is 5.56 Å². The summed E-state index contributed by atoms with van der Waals surface area (Å²) in [5, 5.41) is 3.35. The van der Waals surface area contributed by atoms with Crippen molar-refractivity contribution >= 4 is 24.2 Å². The van der Waals surface area contributed by atoms with Gasteiger partial charge >= 0.3 is 0 Å². The first-order chi connectivity index (χ1) is 8.34. The van der Waals surface area contributed by atoms with Crippen LogP contribution in [0.15, 0.2) is 10.9 Å². The Morgan fingerprint density at radius 2 is 2.06 bits per heavy atom. The van der Waals surface area contributed by atoms with E-state index in [1.54, 1.807) is 0 Å². The van der Waals surface area contributed by atoms with Crippen molar-refractivity contribution in [1.82, 2.24) is 10.3 Å². The topological polar surface area (TPSA) is 44.9 Å². The van der Waals surface area contributed by atoms with E-state index in [9.17, 15) is 4.79 Å². The molecule has 2 N–H and O–H groups in total. The predicted molar refractivity (Wildman–Crippen MR) is 79.0 cm³/mol. The Labute approximate surface area is 118 Å². The van der Waals surface area contributed by atoms with E-state index in [0.717, 1.165) is 49.4 Å². The zero-order valence-corrected chi connectivity index (χ0v) is 12.0. The van der Waals surface area contributed by atoms with Gasteiger partial charge in [0, 0.05) is 17.0 Å². The van der Waals surface area contributed by atoms with Crippen molar-refractivity contribution in [3.8, 4) is 0 Å². The number of hydrogen-bond acceptors (Lipinski definition) is 3. The van der Waals surface area contributed by atoms with Gasteiger partial charge in [-0.2, -0.15) is 11.8 Å². The van der Waals surface area contributed by atoms with E-state index in [-0.39, 0.29) is 18.0 Å². The van der Waals surface area contributed by atoms with Crippen LogP contribution in [-0.2, 0) is 12.2 Å². The Morgan fingerprint density at radius 1 is 1.28 bits per heavy atom. The van der Waals surface area contributed by atoms with Gasteiger partial charge in [-0.25, -0.2) is 0 Å². The maximum Gasteiger partial charge on any atom is 0.251 e. The summed E-state index contributed by atoms with van der Waals surface area (Å²) in [7, 11) is 0. The highest BCUT2D eigenvalue weighted by Gasteiger charge is 2.20. The molecule has 1 aromatic heterocycles. The Bertz CT molecular complexity index is 469. The van der Waals surface area contributed by atoms with Crippen LogP contribution in [0.1, 0.15) is 35.6 Å². The first kappa shape index (κ1) is 14.0. The van der Waals surface area contributed by atoms with E-state index in [2.05, 4.69) is 16.4 Å². The SMILES string of the molecule is Cl.O=c1[nH]c2c(cc1C1CCNCC1)CCSC2. The molecule has 0 aliphatic carbocycles. The fourth-order valence-electron chi connectivity index (χ4n) is 2.77. The molecule has 5 heteroatoms. The number of pyridine rings is 1. The van der Waals surface area contributed by atoms with Gasteiger partial charge in [0.15, 0.2) is 0 Å². The number of aromatic amines is 1. The molecule has 3 heterocycles. The lowest BCUT2D eigenvalue weighted by Gasteiger charge is -2.24. The fraction of sp³-hybridized carbons (Fsp3) is 0.615. The molecular formula is C13H19ClN2OS. The minimum absolute atomic E-state index is 0. The molecule has 3 nitrogen and oxygen atoms in total. The molecule has 1 saturated heterocycles. The highest BCUT2D eigenvalue weighted by atomic mass is 35.5. The largest absolute Gasteiger partial charge is 0.325 e. The molecule has 0 unspecified atom stereocenters. The van der Waals surface area contributed by atoms with Crippen LogP contribution >= 0.6 is 24.2 Å². The first-order valence-electron chi connectivity index (χ1n) is 6.38.